The van der Waals surface area contributed by atoms with Crippen LogP contribution in [-0.4, -0.2) is 18.1 Å². The Morgan fingerprint density at radius 3 is 2.56 bits per heavy atom. The predicted molar refractivity (Wildman–Crippen MR) is 65.5 cm³/mol. The fraction of sp³-hybridized carbons (Fsp3) is 0.250. The molecule has 2 N–H and O–H groups in total. The molecule has 0 unspecified atom stereocenters. The van der Waals surface area contributed by atoms with Crippen LogP contribution in [0, 0.1) is 0 Å². The summed E-state index contributed by atoms with van der Waals surface area (Å²) in [6, 6.07) is -1.07. The average Bonchev–Trinajstić information content (AvgIpc) is 2.22. The van der Waals surface area contributed by atoms with Gasteiger partial charge in [-0.25, -0.2) is 4.98 Å². The third-order valence-corrected chi connectivity index (χ3v) is 2.80. The highest BCUT2D eigenvalue weighted by Gasteiger charge is 2.24. The van der Waals surface area contributed by atoms with Crippen LogP contribution >= 0.6 is 47.2 Å². The van der Waals surface area contributed by atoms with Crippen molar-refractivity contribution >= 4 is 53.2 Å². The maximum atomic E-state index is 11.2. The topological polar surface area (TPSA) is 65.2 Å². The SMILES string of the molecule is COC(=O)[C@H](N)c1c(Cl)cnc(Cl)c1Cl.Cl. The summed E-state index contributed by atoms with van der Waals surface area (Å²) in [4.78, 5) is 14.9. The van der Waals surface area contributed by atoms with Crippen molar-refractivity contribution in [3.63, 3.8) is 0 Å². The first-order valence-corrected chi connectivity index (χ1v) is 4.95. The van der Waals surface area contributed by atoms with Crippen molar-refractivity contribution in [2.45, 2.75) is 6.04 Å². The van der Waals surface area contributed by atoms with Crippen molar-refractivity contribution in [3.8, 4) is 0 Å². The molecule has 0 amide bonds. The highest BCUT2D eigenvalue weighted by molar-refractivity contribution is 6.43. The van der Waals surface area contributed by atoms with Crippen LogP contribution < -0.4 is 5.73 Å². The summed E-state index contributed by atoms with van der Waals surface area (Å²) >= 11 is 17.3. The molecule has 8 heteroatoms. The molecular formula is C8H8Cl4N2O2. The molecule has 1 aromatic rings. The zero-order valence-corrected chi connectivity index (χ0v) is 11.1. The van der Waals surface area contributed by atoms with E-state index >= 15 is 0 Å². The summed E-state index contributed by atoms with van der Waals surface area (Å²) in [7, 11) is 1.22. The standard InChI is InChI=1S/C8H7Cl3N2O2.ClH/c1-15-8(14)6(12)4-3(9)2-13-7(11)5(4)10;/h2,6H,12H2,1H3;1H/t6-;/m1./s1. The Bertz CT molecular complexity index is 400. The van der Waals surface area contributed by atoms with Gasteiger partial charge in [0.25, 0.3) is 0 Å². The van der Waals surface area contributed by atoms with Crippen molar-refractivity contribution in [1.82, 2.24) is 4.98 Å². The molecule has 1 atom stereocenters. The van der Waals surface area contributed by atoms with Gasteiger partial charge < -0.3 is 10.5 Å². The Balaban J connectivity index is 0.00000225. The molecule has 90 valence electrons. The number of halogens is 4. The zero-order valence-electron chi connectivity index (χ0n) is 8.04. The van der Waals surface area contributed by atoms with E-state index in [0.29, 0.717) is 0 Å². The highest BCUT2D eigenvalue weighted by Crippen LogP contribution is 2.33. The summed E-state index contributed by atoms with van der Waals surface area (Å²) < 4.78 is 4.47. The van der Waals surface area contributed by atoms with E-state index in [0.717, 1.165) is 0 Å². The van der Waals surface area contributed by atoms with E-state index < -0.39 is 12.0 Å². The number of ether oxygens (including phenoxy) is 1. The van der Waals surface area contributed by atoms with E-state index in [1.807, 2.05) is 0 Å². The van der Waals surface area contributed by atoms with Gasteiger partial charge in [0, 0.05) is 11.8 Å². The maximum absolute atomic E-state index is 11.2. The fourth-order valence-corrected chi connectivity index (χ4v) is 1.71. The van der Waals surface area contributed by atoms with E-state index in [1.165, 1.54) is 13.3 Å². The molecule has 0 aliphatic heterocycles. The number of carbonyl (C=O) groups excluding carboxylic acids is 1. The lowest BCUT2D eigenvalue weighted by Crippen LogP contribution is -2.23. The number of hydrogen-bond donors (Lipinski definition) is 1. The molecule has 0 saturated heterocycles. The van der Waals surface area contributed by atoms with Crippen LogP contribution in [0.3, 0.4) is 0 Å². The molecule has 0 spiro atoms. The molecule has 16 heavy (non-hydrogen) atoms. The lowest BCUT2D eigenvalue weighted by atomic mass is 10.1. The largest absolute Gasteiger partial charge is 0.468 e. The summed E-state index contributed by atoms with van der Waals surface area (Å²) in [5, 5.41) is 0.264. The minimum Gasteiger partial charge on any atom is -0.468 e. The minimum atomic E-state index is -1.07. The highest BCUT2D eigenvalue weighted by atomic mass is 35.5. The quantitative estimate of drug-likeness (QED) is 0.674. The first-order chi connectivity index (χ1) is 6.99. The van der Waals surface area contributed by atoms with Gasteiger partial charge in [-0.15, -0.1) is 12.4 Å². The summed E-state index contributed by atoms with van der Waals surface area (Å²) in [6.45, 7) is 0. The number of aromatic nitrogens is 1. The number of methoxy groups -OCH3 is 1. The Kier molecular flexibility index (Phi) is 6.36. The molecule has 1 heterocycles. The van der Waals surface area contributed by atoms with Crippen LogP contribution in [0.1, 0.15) is 11.6 Å². The number of nitrogens with two attached hydrogens (primary N) is 1. The van der Waals surface area contributed by atoms with Crippen molar-refractivity contribution in [3.05, 3.63) is 27.0 Å². The summed E-state index contributed by atoms with van der Waals surface area (Å²) in [5.74, 6) is -0.652. The number of pyridine rings is 1. The van der Waals surface area contributed by atoms with Gasteiger partial charge in [0.05, 0.1) is 17.2 Å². The van der Waals surface area contributed by atoms with Crippen LogP contribution in [0.15, 0.2) is 6.20 Å². The minimum absolute atomic E-state index is 0. The van der Waals surface area contributed by atoms with Gasteiger partial charge in [-0.2, -0.15) is 0 Å². The van der Waals surface area contributed by atoms with Crippen LogP contribution in [0.4, 0.5) is 0 Å². The van der Waals surface area contributed by atoms with E-state index in [1.54, 1.807) is 0 Å². The van der Waals surface area contributed by atoms with Gasteiger partial charge in [0.1, 0.15) is 11.2 Å². The second-order valence-electron chi connectivity index (χ2n) is 2.63. The normalized spacial score (nSPS) is 11.6. The summed E-state index contributed by atoms with van der Waals surface area (Å²) in [6.07, 6.45) is 1.27. The third-order valence-electron chi connectivity index (χ3n) is 1.73. The molecule has 0 fully saturated rings. The van der Waals surface area contributed by atoms with Crippen LogP contribution in [0.5, 0.6) is 0 Å². The molecule has 1 rings (SSSR count). The molecule has 0 bridgehead atoms. The molecule has 0 aliphatic rings. The van der Waals surface area contributed by atoms with Crippen LogP contribution in [-0.2, 0) is 9.53 Å². The average molecular weight is 306 g/mol. The molecule has 0 radical (unpaired) electrons. The Hall–Kier alpha value is -0.260. The van der Waals surface area contributed by atoms with Crippen LogP contribution in [0.25, 0.3) is 0 Å². The smallest absolute Gasteiger partial charge is 0.327 e. The number of esters is 1. The fourth-order valence-electron chi connectivity index (χ4n) is 0.985. The van der Waals surface area contributed by atoms with E-state index in [-0.39, 0.29) is 33.2 Å². The van der Waals surface area contributed by atoms with Gasteiger partial charge >= 0.3 is 5.97 Å². The van der Waals surface area contributed by atoms with Gasteiger partial charge in [-0.3, -0.25) is 4.79 Å². The van der Waals surface area contributed by atoms with E-state index in [2.05, 4.69) is 9.72 Å². The van der Waals surface area contributed by atoms with Crippen LogP contribution in [0.2, 0.25) is 15.2 Å². The third kappa shape index (κ3) is 3.12. The molecule has 4 nitrogen and oxygen atoms in total. The van der Waals surface area contributed by atoms with Crippen molar-refractivity contribution in [2.24, 2.45) is 5.73 Å². The molecule has 1 aromatic heterocycles. The van der Waals surface area contributed by atoms with Gasteiger partial charge in [-0.1, -0.05) is 34.8 Å². The number of rotatable bonds is 2. The monoisotopic (exact) mass is 304 g/mol. The Morgan fingerprint density at radius 1 is 1.50 bits per heavy atom. The molecule has 0 saturated carbocycles. The Labute approximate surface area is 113 Å². The van der Waals surface area contributed by atoms with Gasteiger partial charge in [0.15, 0.2) is 0 Å². The number of carbonyl (C=O) groups is 1. The predicted octanol–water partition coefficient (Wildman–Crippen LogP) is 2.64. The first kappa shape index (κ1) is 15.7. The molecule has 0 aliphatic carbocycles. The lowest BCUT2D eigenvalue weighted by molar-refractivity contribution is -0.142. The Morgan fingerprint density at radius 2 is 2.06 bits per heavy atom. The van der Waals surface area contributed by atoms with Crippen molar-refractivity contribution in [2.75, 3.05) is 7.11 Å². The van der Waals surface area contributed by atoms with Gasteiger partial charge in [-0.05, 0) is 0 Å². The van der Waals surface area contributed by atoms with Gasteiger partial charge in [0.2, 0.25) is 0 Å². The second kappa shape index (κ2) is 6.47. The lowest BCUT2D eigenvalue weighted by Gasteiger charge is -2.13. The maximum Gasteiger partial charge on any atom is 0.327 e. The summed E-state index contributed by atoms with van der Waals surface area (Å²) in [5.41, 5.74) is 5.80. The van der Waals surface area contributed by atoms with Crippen molar-refractivity contribution < 1.29 is 9.53 Å². The number of nitrogens with zero attached hydrogens (tertiary/aromatic N) is 1. The zero-order chi connectivity index (χ0) is 11.6. The second-order valence-corrected chi connectivity index (χ2v) is 3.77. The molecular weight excluding hydrogens is 298 g/mol. The molecule has 0 aromatic carbocycles. The number of hydrogen-bond acceptors (Lipinski definition) is 4. The van der Waals surface area contributed by atoms with E-state index in [9.17, 15) is 4.79 Å². The van der Waals surface area contributed by atoms with Crippen molar-refractivity contribution in [1.29, 1.82) is 0 Å². The van der Waals surface area contributed by atoms with E-state index in [4.69, 9.17) is 40.5 Å². The first-order valence-electron chi connectivity index (χ1n) is 3.81.